The van der Waals surface area contributed by atoms with Crippen molar-refractivity contribution in [2.24, 2.45) is 35.5 Å². The average Bonchev–Trinajstić information content (AvgIpc) is 3.03. The van der Waals surface area contributed by atoms with E-state index in [1.807, 2.05) is 18.2 Å². The first-order valence-electron chi connectivity index (χ1n) is 12.1. The zero-order valence-corrected chi connectivity index (χ0v) is 19.0. The maximum Gasteiger partial charge on any atom is 0.233 e. The van der Waals surface area contributed by atoms with Gasteiger partial charge in [0.15, 0.2) is 0 Å². The van der Waals surface area contributed by atoms with Crippen molar-refractivity contribution in [3.8, 4) is 0 Å². The van der Waals surface area contributed by atoms with Crippen LogP contribution in [0.1, 0.15) is 12.8 Å². The second-order valence-corrected chi connectivity index (χ2v) is 10.4. The normalized spacial score (nSPS) is 35.3. The first kappa shape index (κ1) is 20.5. The Balaban J connectivity index is 0.980. The Labute approximate surface area is 194 Å². The van der Waals surface area contributed by atoms with Crippen LogP contribution in [0.3, 0.4) is 0 Å². The largest absolute Gasteiger partial charge is 0.369 e. The van der Waals surface area contributed by atoms with Crippen LogP contribution >= 0.6 is 11.6 Å². The number of benzene rings is 1. The van der Waals surface area contributed by atoms with Crippen molar-refractivity contribution >= 4 is 29.1 Å². The molecule has 168 valence electrons. The molecular weight excluding hydrogens is 422 g/mol. The molecule has 0 spiro atoms. The number of halogens is 1. The molecule has 2 aliphatic heterocycles. The number of rotatable bonds is 6. The second-order valence-electron chi connectivity index (χ2n) is 9.97. The standard InChI is InChI=1S/C26H30ClN3O2/c27-17-4-3-5-18(16-17)29-14-12-28(13-15-29)10-1-2-11-30-25(31)23-21-8-9-22(24(23)26(30)32)20-7-6-19(20)21/h3-9,16,19-24H,1-2,10-15H2. The third kappa shape index (κ3) is 3.24. The lowest BCUT2D eigenvalue weighted by molar-refractivity contribution is -0.140. The lowest BCUT2D eigenvalue weighted by atomic mass is 9.50. The number of likely N-dealkylation sites (tertiary alicyclic amines) is 1. The lowest BCUT2D eigenvalue weighted by Crippen LogP contribution is -2.50. The van der Waals surface area contributed by atoms with Crippen LogP contribution in [0.25, 0.3) is 0 Å². The molecule has 2 bridgehead atoms. The third-order valence-corrected chi connectivity index (χ3v) is 8.65. The molecule has 0 radical (unpaired) electrons. The van der Waals surface area contributed by atoms with E-state index in [0.29, 0.717) is 18.4 Å². The van der Waals surface area contributed by atoms with E-state index in [1.54, 1.807) is 4.90 Å². The van der Waals surface area contributed by atoms with Crippen molar-refractivity contribution in [1.29, 1.82) is 0 Å². The molecule has 0 aromatic heterocycles. The summed E-state index contributed by atoms with van der Waals surface area (Å²) >= 11 is 6.13. The quantitative estimate of drug-likeness (QED) is 0.377. The zero-order chi connectivity index (χ0) is 21.8. The number of amides is 2. The zero-order valence-electron chi connectivity index (χ0n) is 18.3. The van der Waals surface area contributed by atoms with Gasteiger partial charge in [0, 0.05) is 43.4 Å². The molecule has 6 atom stereocenters. The maximum absolute atomic E-state index is 13.1. The number of piperazine rings is 1. The van der Waals surface area contributed by atoms with Gasteiger partial charge in [-0.3, -0.25) is 19.4 Å². The molecule has 0 N–H and O–H groups in total. The van der Waals surface area contributed by atoms with Gasteiger partial charge < -0.3 is 4.90 Å². The topological polar surface area (TPSA) is 43.9 Å². The van der Waals surface area contributed by atoms with Crippen LogP contribution in [0.2, 0.25) is 5.02 Å². The van der Waals surface area contributed by atoms with Gasteiger partial charge in [0.1, 0.15) is 0 Å². The Kier molecular flexibility index (Phi) is 5.14. The summed E-state index contributed by atoms with van der Waals surface area (Å²) in [6.07, 6.45) is 10.8. The molecule has 2 saturated heterocycles. The van der Waals surface area contributed by atoms with Gasteiger partial charge in [0.05, 0.1) is 11.8 Å². The van der Waals surface area contributed by atoms with E-state index in [9.17, 15) is 9.59 Å². The van der Waals surface area contributed by atoms with Crippen LogP contribution in [0.15, 0.2) is 48.6 Å². The van der Waals surface area contributed by atoms with Gasteiger partial charge >= 0.3 is 0 Å². The minimum absolute atomic E-state index is 0.0910. The minimum atomic E-state index is -0.108. The van der Waals surface area contributed by atoms with E-state index in [-0.39, 0.29) is 35.5 Å². The molecule has 32 heavy (non-hydrogen) atoms. The average molecular weight is 452 g/mol. The number of unbranched alkanes of at least 4 members (excludes halogenated alkanes) is 1. The molecule has 3 fully saturated rings. The monoisotopic (exact) mass is 451 g/mol. The van der Waals surface area contributed by atoms with Gasteiger partial charge in [-0.2, -0.15) is 0 Å². The smallest absolute Gasteiger partial charge is 0.233 e. The van der Waals surface area contributed by atoms with Crippen LogP contribution in [-0.2, 0) is 9.59 Å². The Morgan fingerprint density at radius 1 is 0.781 bits per heavy atom. The Morgan fingerprint density at radius 3 is 1.97 bits per heavy atom. The van der Waals surface area contributed by atoms with Crippen LogP contribution in [-0.4, -0.2) is 60.9 Å². The first-order valence-corrected chi connectivity index (χ1v) is 12.4. The van der Waals surface area contributed by atoms with E-state index in [0.717, 1.165) is 50.6 Å². The number of allylic oxidation sites excluding steroid dienone is 4. The summed E-state index contributed by atoms with van der Waals surface area (Å²) in [5.41, 5.74) is 1.19. The van der Waals surface area contributed by atoms with E-state index >= 15 is 0 Å². The van der Waals surface area contributed by atoms with Gasteiger partial charge in [-0.1, -0.05) is 42.0 Å². The van der Waals surface area contributed by atoms with Gasteiger partial charge in [-0.15, -0.1) is 0 Å². The summed E-state index contributed by atoms with van der Waals surface area (Å²) in [5.74, 6) is 1.39. The number of hydrogen-bond acceptors (Lipinski definition) is 4. The van der Waals surface area contributed by atoms with Crippen LogP contribution in [0.4, 0.5) is 5.69 Å². The SMILES string of the molecule is O=C1C2C3C=CC(C4C=CC43)C2C(=O)N1CCCCN1CCN(c2cccc(Cl)c2)CC1. The molecule has 6 heteroatoms. The number of imide groups is 1. The summed E-state index contributed by atoms with van der Waals surface area (Å²) in [6, 6.07) is 8.06. The summed E-state index contributed by atoms with van der Waals surface area (Å²) < 4.78 is 0. The Hall–Kier alpha value is -2.11. The van der Waals surface area contributed by atoms with Gasteiger partial charge in [-0.05, 0) is 61.3 Å². The van der Waals surface area contributed by atoms with Crippen molar-refractivity contribution in [1.82, 2.24) is 9.80 Å². The van der Waals surface area contributed by atoms with Crippen molar-refractivity contribution < 1.29 is 9.59 Å². The van der Waals surface area contributed by atoms with Crippen molar-refractivity contribution in [2.75, 3.05) is 44.2 Å². The summed E-state index contributed by atoms with van der Waals surface area (Å²) in [6.45, 7) is 5.66. The second kappa shape index (κ2) is 8.03. The Bertz CT molecular complexity index is 943. The highest BCUT2D eigenvalue weighted by Gasteiger charge is 2.62. The van der Waals surface area contributed by atoms with E-state index < -0.39 is 0 Å². The molecule has 7 rings (SSSR count). The molecule has 1 saturated carbocycles. The fraction of sp³-hybridized carbons (Fsp3) is 0.538. The summed E-state index contributed by atoms with van der Waals surface area (Å²) in [4.78, 5) is 32.7. The molecule has 2 heterocycles. The van der Waals surface area contributed by atoms with Gasteiger partial charge in [0.2, 0.25) is 11.8 Å². The van der Waals surface area contributed by atoms with Crippen molar-refractivity contribution in [3.05, 3.63) is 53.6 Å². The van der Waals surface area contributed by atoms with Crippen molar-refractivity contribution in [2.45, 2.75) is 12.8 Å². The maximum atomic E-state index is 13.1. The van der Waals surface area contributed by atoms with Crippen LogP contribution in [0.5, 0.6) is 0 Å². The molecule has 6 unspecified atom stereocenters. The number of hydrogen-bond donors (Lipinski definition) is 0. The minimum Gasteiger partial charge on any atom is -0.369 e. The fourth-order valence-electron chi connectivity index (χ4n) is 6.68. The van der Waals surface area contributed by atoms with E-state index in [2.05, 4.69) is 40.2 Å². The summed E-state index contributed by atoms with van der Waals surface area (Å²) in [7, 11) is 0. The molecule has 6 aliphatic rings. The Morgan fingerprint density at radius 2 is 1.38 bits per heavy atom. The molecule has 1 aromatic carbocycles. The van der Waals surface area contributed by atoms with E-state index in [4.69, 9.17) is 11.6 Å². The number of nitrogens with zero attached hydrogens (tertiary/aromatic N) is 3. The first-order chi connectivity index (χ1) is 15.6. The number of carbonyl (C=O) groups excluding carboxylic acids is 2. The highest BCUT2D eigenvalue weighted by Crippen LogP contribution is 2.58. The predicted molar refractivity (Wildman–Crippen MR) is 125 cm³/mol. The molecule has 5 nitrogen and oxygen atoms in total. The molecular formula is C26H30ClN3O2. The van der Waals surface area contributed by atoms with E-state index in [1.165, 1.54) is 5.69 Å². The molecule has 1 aromatic rings. The number of anilines is 1. The highest BCUT2D eigenvalue weighted by molar-refractivity contribution is 6.30. The van der Waals surface area contributed by atoms with Gasteiger partial charge in [0.25, 0.3) is 0 Å². The highest BCUT2D eigenvalue weighted by atomic mass is 35.5. The fourth-order valence-corrected chi connectivity index (χ4v) is 6.87. The van der Waals surface area contributed by atoms with Crippen LogP contribution < -0.4 is 4.90 Å². The molecule has 4 aliphatic carbocycles. The lowest BCUT2D eigenvalue weighted by Gasteiger charge is -2.51. The van der Waals surface area contributed by atoms with Crippen molar-refractivity contribution in [3.63, 3.8) is 0 Å². The summed E-state index contributed by atoms with van der Waals surface area (Å²) in [5, 5.41) is 0.781. The predicted octanol–water partition coefficient (Wildman–Crippen LogP) is 3.46. The third-order valence-electron chi connectivity index (χ3n) is 8.41. The van der Waals surface area contributed by atoms with Crippen LogP contribution in [0, 0.1) is 35.5 Å². The number of carbonyl (C=O) groups is 2. The van der Waals surface area contributed by atoms with Gasteiger partial charge in [-0.25, -0.2) is 0 Å². The molecule has 2 amide bonds.